The van der Waals surface area contributed by atoms with E-state index in [0.29, 0.717) is 65.9 Å². The van der Waals surface area contributed by atoms with Gasteiger partial charge in [0.05, 0.1) is 26.4 Å². The molecule has 0 aliphatic carbocycles. The molecule has 0 aromatic heterocycles. The van der Waals surface area contributed by atoms with Crippen LogP contribution in [-0.4, -0.2) is 117 Å². The first-order chi connectivity index (χ1) is 33.4. The molecule has 21 nitrogen and oxygen atoms in total. The van der Waals surface area contributed by atoms with Crippen LogP contribution in [0.25, 0.3) is 0 Å². The Morgan fingerprint density at radius 1 is 0.507 bits per heavy atom. The van der Waals surface area contributed by atoms with Crippen molar-refractivity contribution in [2.75, 3.05) is 58.7 Å². The van der Waals surface area contributed by atoms with Crippen LogP contribution in [0.5, 0.6) is 34.5 Å². The summed E-state index contributed by atoms with van der Waals surface area (Å²) in [5.74, 6) is 0.544. The normalized spacial score (nSPS) is 8.59. The summed E-state index contributed by atoms with van der Waals surface area (Å²) < 4.78 is 38.9. The monoisotopic (exact) mass is 1340 g/mol. The van der Waals surface area contributed by atoms with E-state index in [2.05, 4.69) is 30.3 Å². The van der Waals surface area contributed by atoms with Gasteiger partial charge in [0.2, 0.25) is 0 Å². The van der Waals surface area contributed by atoms with Crippen molar-refractivity contribution in [3.63, 3.8) is 0 Å². The number of alkyl halides is 1. The minimum absolute atomic E-state index is 0. The van der Waals surface area contributed by atoms with Crippen LogP contribution in [0.2, 0.25) is 0 Å². The molecule has 73 heavy (non-hydrogen) atoms. The molecular formula is C48H60BrCs2NaO21. The van der Waals surface area contributed by atoms with E-state index >= 15 is 0 Å². The third kappa shape index (κ3) is 50.1. The fraction of sp³-hybridized carbons (Fsp3) is 0.333. The molecule has 0 unspecified atom stereocenters. The molecule has 0 bridgehead atoms. The van der Waals surface area contributed by atoms with E-state index in [1.165, 1.54) is 45.0 Å². The molecule has 4 aromatic carbocycles. The van der Waals surface area contributed by atoms with Gasteiger partial charge in [0.15, 0.2) is 31.4 Å². The number of esters is 5. The van der Waals surface area contributed by atoms with E-state index in [4.69, 9.17) is 53.8 Å². The number of halogens is 1. The number of aromatic hydroxyl groups is 2. The number of carbonyl (C=O) groups excluding carboxylic acids is 8. The molecule has 2 N–H and O–H groups in total. The molecule has 25 heteroatoms. The number of carbonyl (C=O) groups is 8. The third-order valence-corrected chi connectivity index (χ3v) is 7.35. The SMILES string of the molecule is CC(=O)c1ccc(O)cc1.CCOC(=O)CBr.CCOC(=O)COc1ccc(C(C)=O)cc1.CCOC(=O)COc1ccc(O)cc1.CCOC(=O)COc1ccc(OC(C)=O)cc1.C[O-].O=CO[O-].[Cs+].[Cs+].[H-].[Na+]. The Bertz CT molecular complexity index is 2090. The van der Waals surface area contributed by atoms with Crippen molar-refractivity contribution in [2.24, 2.45) is 0 Å². The van der Waals surface area contributed by atoms with Gasteiger partial charge in [-0.3, -0.25) is 24.0 Å². The number of phenols is 2. The summed E-state index contributed by atoms with van der Waals surface area (Å²) in [5, 5.41) is 34.8. The summed E-state index contributed by atoms with van der Waals surface area (Å²) >= 11 is 2.94. The standard InChI is InChI=1S/C12H14O5.C12H14O4.C10H12O4.C8H8O2.C4H7BrO2.CH2O3.CH3O.2Cs.Na.H/c1-3-15-12(14)8-16-10-4-6-11(7-5-10)17-9(2)13;1-3-15-12(14)8-16-11-6-4-10(5-7-11)9(2)13;1-2-13-10(12)7-14-9-5-3-8(11)4-6-9;1-6(9)7-2-4-8(10)5-3-7;1-2-7-4(6)3-5;2-1-4-3;1-2;;;;/h4-7H,3,8H2,1-2H3;4-7H,3,8H2,1-2H3;3-6,11H,2,7H2,1H3;2-5,10H,1H3;2-3H2,1H3;1,3H;1H3;;;;/q;;;;;;-1;3*+1;-1/p-1. The minimum Gasteiger partial charge on any atom is -1.00 e. The summed E-state index contributed by atoms with van der Waals surface area (Å²) in [6, 6.07) is 25.3. The van der Waals surface area contributed by atoms with E-state index in [0.717, 1.165) is 7.11 Å². The fourth-order valence-corrected chi connectivity index (χ4v) is 4.19. The molecule has 4 aromatic rings. The van der Waals surface area contributed by atoms with Crippen molar-refractivity contribution < 1.29 is 270 Å². The number of hydrogen-bond donors (Lipinski definition) is 2. The van der Waals surface area contributed by atoms with E-state index in [1.807, 2.05) is 0 Å². The van der Waals surface area contributed by atoms with E-state index < -0.39 is 17.9 Å². The molecule has 388 valence electrons. The Morgan fingerprint density at radius 2 is 0.753 bits per heavy atom. The fourth-order valence-electron chi connectivity index (χ4n) is 4.03. The maximum absolute atomic E-state index is 11.0. The molecule has 4 rings (SSSR count). The quantitative estimate of drug-likeness (QED) is 0.0110. The smallest absolute Gasteiger partial charge is 1.00 e. The van der Waals surface area contributed by atoms with Crippen molar-refractivity contribution in [1.82, 2.24) is 0 Å². The molecule has 0 radical (unpaired) electrons. The molecule has 0 aliphatic heterocycles. The van der Waals surface area contributed by atoms with E-state index in [1.54, 1.807) is 100 Å². The van der Waals surface area contributed by atoms with Gasteiger partial charge in [-0.05, 0) is 139 Å². The number of ether oxygens (including phenoxy) is 8. The Morgan fingerprint density at radius 3 is 1.00 bits per heavy atom. The topological polar surface area (TPSA) is 306 Å². The Balaban J connectivity index is -0.000000149. The van der Waals surface area contributed by atoms with Gasteiger partial charge >= 0.3 is 197 Å². The molecule has 0 saturated heterocycles. The molecule has 0 saturated carbocycles. The summed E-state index contributed by atoms with van der Waals surface area (Å²) in [7, 11) is 0.750. The van der Waals surface area contributed by atoms with Crippen LogP contribution < -0.4 is 197 Å². The van der Waals surface area contributed by atoms with Crippen molar-refractivity contribution in [3.05, 3.63) is 108 Å². The first-order valence-corrected chi connectivity index (χ1v) is 21.7. The Hall–Kier alpha value is -2.46. The molecule has 0 aliphatic rings. The number of hydrogen-bond acceptors (Lipinski definition) is 21. The predicted molar refractivity (Wildman–Crippen MR) is 251 cm³/mol. The van der Waals surface area contributed by atoms with Crippen LogP contribution in [-0.2, 0) is 52.6 Å². The second kappa shape index (κ2) is 55.8. The summed E-state index contributed by atoms with van der Waals surface area (Å²) in [5.41, 5.74) is 1.24. The summed E-state index contributed by atoms with van der Waals surface area (Å²) in [6.45, 7) is 12.2. The molecule has 0 fully saturated rings. The largest absolute Gasteiger partial charge is 1.00 e. The Kier molecular flexibility index (Phi) is 62.6. The average molecular weight is 1340 g/mol. The molecular weight excluding hydrogens is 1280 g/mol. The zero-order valence-corrected chi connectivity index (χ0v) is 59.1. The van der Waals surface area contributed by atoms with Gasteiger partial charge in [0.1, 0.15) is 39.8 Å². The van der Waals surface area contributed by atoms with Crippen LogP contribution in [0.1, 0.15) is 70.6 Å². The first kappa shape index (κ1) is 81.9. The number of rotatable bonds is 18. The minimum atomic E-state index is -0.420. The van der Waals surface area contributed by atoms with Crippen molar-refractivity contribution in [2.45, 2.75) is 48.5 Å². The number of benzene rings is 4. The predicted octanol–water partition coefficient (Wildman–Crippen LogP) is -4.21. The number of Topliss-reactive ketones (excluding diaryl/α,β-unsaturated/α-hetero) is 2. The van der Waals surface area contributed by atoms with Gasteiger partial charge in [-0.15, -0.1) is 0 Å². The summed E-state index contributed by atoms with van der Waals surface area (Å²) in [4.78, 5) is 86.6. The second-order valence-corrected chi connectivity index (χ2v) is 12.7. The zero-order chi connectivity index (χ0) is 53.7. The third-order valence-electron chi connectivity index (χ3n) is 6.90. The van der Waals surface area contributed by atoms with Crippen molar-refractivity contribution in [1.29, 1.82) is 0 Å². The number of phenolic OH excluding ortho intramolecular Hbond substituents is 2. The van der Waals surface area contributed by atoms with Crippen molar-refractivity contribution >= 4 is 63.8 Å². The van der Waals surface area contributed by atoms with E-state index in [-0.39, 0.29) is 230 Å². The van der Waals surface area contributed by atoms with Gasteiger partial charge in [-0.1, -0.05) is 15.9 Å². The maximum Gasteiger partial charge on any atom is 1.00 e. The van der Waals surface area contributed by atoms with Crippen LogP contribution in [0.4, 0.5) is 0 Å². The van der Waals surface area contributed by atoms with Crippen LogP contribution >= 0.6 is 15.9 Å². The number of ketones is 2. The maximum atomic E-state index is 11.0. The van der Waals surface area contributed by atoms with E-state index in [9.17, 15) is 33.6 Å². The molecule has 0 amide bonds. The van der Waals surface area contributed by atoms with Gasteiger partial charge in [-0.2, -0.15) is 7.11 Å². The molecule has 0 heterocycles. The van der Waals surface area contributed by atoms with Crippen molar-refractivity contribution in [3.8, 4) is 34.5 Å². The van der Waals surface area contributed by atoms with Gasteiger partial charge < -0.3 is 64.8 Å². The molecule has 0 atom stereocenters. The van der Waals surface area contributed by atoms with Crippen LogP contribution in [0, 0.1) is 0 Å². The summed E-state index contributed by atoms with van der Waals surface area (Å²) in [6.07, 6.45) is 0. The van der Waals surface area contributed by atoms with Gasteiger partial charge in [0, 0.05) is 18.1 Å². The van der Waals surface area contributed by atoms with Gasteiger partial charge in [0.25, 0.3) is 6.47 Å². The Labute approximate surface area is 574 Å². The molecule has 0 spiro atoms. The van der Waals surface area contributed by atoms with Crippen LogP contribution in [0.15, 0.2) is 97.1 Å². The van der Waals surface area contributed by atoms with Gasteiger partial charge in [-0.25, -0.2) is 14.4 Å². The first-order valence-electron chi connectivity index (χ1n) is 20.6. The van der Waals surface area contributed by atoms with Crippen LogP contribution in [0.3, 0.4) is 0 Å². The zero-order valence-electron chi connectivity index (χ0n) is 44.0. The average Bonchev–Trinajstić information content (AvgIpc) is 3.35. The second-order valence-electron chi connectivity index (χ2n) is 12.2.